The maximum Gasteiger partial charge on any atom is 0.316 e. The second-order valence-corrected chi connectivity index (χ2v) is 9.62. The van der Waals surface area contributed by atoms with Gasteiger partial charge in [0.25, 0.3) is 0 Å². The molecule has 2 heterocycles. The predicted octanol–water partition coefficient (Wildman–Crippen LogP) is 4.23. The lowest BCUT2D eigenvalue weighted by molar-refractivity contribution is -0.139. The summed E-state index contributed by atoms with van der Waals surface area (Å²) in [5.41, 5.74) is 3.48. The van der Waals surface area contributed by atoms with Crippen molar-refractivity contribution in [1.82, 2.24) is 0 Å². The summed E-state index contributed by atoms with van der Waals surface area (Å²) in [7, 11) is 0. The number of hydrogen-bond donors (Lipinski definition) is 0. The minimum atomic E-state index is -0.597. The summed E-state index contributed by atoms with van der Waals surface area (Å²) in [6.45, 7) is 4.37. The third-order valence-electron chi connectivity index (χ3n) is 7.50. The van der Waals surface area contributed by atoms with Crippen LogP contribution in [0.2, 0.25) is 0 Å². The molecule has 3 aliphatic rings. The number of nitrogens with zero attached hydrogens (tertiary/aromatic N) is 2. The first-order valence-corrected chi connectivity index (χ1v) is 12.7. The van der Waals surface area contributed by atoms with Gasteiger partial charge in [0.15, 0.2) is 0 Å². The fraction of sp³-hybridized carbons (Fsp3) is 0.379. The third-order valence-corrected chi connectivity index (χ3v) is 7.50. The van der Waals surface area contributed by atoms with Crippen LogP contribution in [0, 0.1) is 17.8 Å². The average Bonchev–Trinajstić information content (AvgIpc) is 3.40. The second-order valence-electron chi connectivity index (χ2n) is 9.62. The molecule has 3 amide bonds. The summed E-state index contributed by atoms with van der Waals surface area (Å²) >= 11 is 0. The lowest BCUT2D eigenvalue weighted by atomic mass is 9.85. The van der Waals surface area contributed by atoms with Gasteiger partial charge in [-0.3, -0.25) is 19.2 Å². The first kappa shape index (κ1) is 24.0. The maximum absolute atomic E-state index is 13.1. The van der Waals surface area contributed by atoms with Gasteiger partial charge in [0.1, 0.15) is 5.75 Å². The Morgan fingerprint density at radius 3 is 2.14 bits per heavy atom. The molecule has 3 atom stereocenters. The van der Waals surface area contributed by atoms with Crippen LogP contribution in [0.5, 0.6) is 5.75 Å². The molecule has 186 valence electrons. The number of aryl methyl sites for hydroxylation is 2. The Labute approximate surface area is 210 Å². The van der Waals surface area contributed by atoms with Gasteiger partial charge in [0.2, 0.25) is 17.7 Å². The fourth-order valence-corrected chi connectivity index (χ4v) is 5.58. The number of esters is 1. The van der Waals surface area contributed by atoms with Crippen molar-refractivity contribution in [1.29, 1.82) is 0 Å². The number of hydrogen-bond acceptors (Lipinski definition) is 5. The summed E-state index contributed by atoms with van der Waals surface area (Å²) in [5.74, 6) is -2.02. The molecule has 2 aliphatic heterocycles. The molecule has 36 heavy (non-hydrogen) atoms. The van der Waals surface area contributed by atoms with E-state index < -0.39 is 11.9 Å². The van der Waals surface area contributed by atoms with Crippen molar-refractivity contribution in [3.05, 3.63) is 65.7 Å². The van der Waals surface area contributed by atoms with E-state index in [0.29, 0.717) is 18.5 Å². The van der Waals surface area contributed by atoms with Crippen molar-refractivity contribution in [2.75, 3.05) is 16.3 Å². The normalized spacial score (nSPS) is 23.4. The van der Waals surface area contributed by atoms with Gasteiger partial charge in [-0.25, -0.2) is 4.90 Å². The van der Waals surface area contributed by atoms with Crippen molar-refractivity contribution in [3.8, 4) is 5.75 Å². The molecular formula is C29H30N2O5. The van der Waals surface area contributed by atoms with Crippen molar-refractivity contribution in [2.24, 2.45) is 17.8 Å². The SMILES string of the molecule is CCc1cccc(CC)c1N1C[C@H](C(=O)Oc2cccc(N3C(=O)[C@H]4CC=CC[C@H]4C3=O)c2)CC1=O. The topological polar surface area (TPSA) is 84.0 Å². The van der Waals surface area contributed by atoms with Gasteiger partial charge >= 0.3 is 5.97 Å². The smallest absolute Gasteiger partial charge is 0.316 e. The number of amides is 3. The quantitative estimate of drug-likeness (QED) is 0.264. The summed E-state index contributed by atoms with van der Waals surface area (Å²) in [6.07, 6.45) is 6.69. The van der Waals surface area contributed by atoms with Gasteiger partial charge in [-0.2, -0.15) is 0 Å². The van der Waals surface area contributed by atoms with Gasteiger partial charge in [0.05, 0.1) is 23.4 Å². The van der Waals surface area contributed by atoms with Gasteiger partial charge in [-0.15, -0.1) is 0 Å². The van der Waals surface area contributed by atoms with E-state index in [9.17, 15) is 19.2 Å². The minimum Gasteiger partial charge on any atom is -0.426 e. The number of carbonyl (C=O) groups excluding carboxylic acids is 4. The number of anilines is 2. The van der Waals surface area contributed by atoms with Gasteiger partial charge in [-0.1, -0.05) is 50.3 Å². The van der Waals surface area contributed by atoms with E-state index in [0.717, 1.165) is 29.7 Å². The average molecular weight is 487 g/mol. The molecule has 2 aromatic carbocycles. The van der Waals surface area contributed by atoms with Crippen molar-refractivity contribution in [2.45, 2.75) is 46.0 Å². The molecule has 0 N–H and O–H groups in total. The highest BCUT2D eigenvalue weighted by atomic mass is 16.5. The van der Waals surface area contributed by atoms with Crippen LogP contribution in [0.25, 0.3) is 0 Å². The summed E-state index contributed by atoms with van der Waals surface area (Å²) in [6, 6.07) is 12.5. The van der Waals surface area contributed by atoms with Gasteiger partial charge < -0.3 is 9.64 Å². The van der Waals surface area contributed by atoms with E-state index in [4.69, 9.17) is 4.74 Å². The molecule has 2 aromatic rings. The van der Waals surface area contributed by atoms with E-state index >= 15 is 0 Å². The Kier molecular flexibility index (Phi) is 6.48. The first-order valence-electron chi connectivity index (χ1n) is 12.7. The van der Waals surface area contributed by atoms with Crippen molar-refractivity contribution < 1.29 is 23.9 Å². The number of fused-ring (bicyclic) bond motifs is 1. The Morgan fingerprint density at radius 1 is 0.917 bits per heavy atom. The Morgan fingerprint density at radius 2 is 1.53 bits per heavy atom. The molecule has 2 fully saturated rings. The van der Waals surface area contributed by atoms with Crippen LogP contribution < -0.4 is 14.5 Å². The highest BCUT2D eigenvalue weighted by Crippen LogP contribution is 2.39. The third kappa shape index (κ3) is 4.12. The summed E-state index contributed by atoms with van der Waals surface area (Å²) < 4.78 is 5.65. The van der Waals surface area contributed by atoms with E-state index in [1.54, 1.807) is 29.2 Å². The zero-order valence-corrected chi connectivity index (χ0v) is 20.6. The number of allylic oxidation sites excluding steroid dienone is 2. The molecule has 0 spiro atoms. The molecule has 0 radical (unpaired) electrons. The Balaban J connectivity index is 1.32. The van der Waals surface area contributed by atoms with Crippen LogP contribution in [0.1, 0.15) is 44.2 Å². The number of rotatable bonds is 6. The van der Waals surface area contributed by atoms with E-state index in [-0.39, 0.29) is 48.3 Å². The Bertz CT molecular complexity index is 1220. The van der Waals surface area contributed by atoms with Crippen LogP contribution in [-0.4, -0.2) is 30.2 Å². The van der Waals surface area contributed by atoms with Crippen LogP contribution in [0.4, 0.5) is 11.4 Å². The number of imide groups is 1. The first-order chi connectivity index (χ1) is 17.4. The predicted molar refractivity (Wildman–Crippen MR) is 136 cm³/mol. The minimum absolute atomic E-state index is 0.0825. The molecule has 1 aliphatic carbocycles. The van der Waals surface area contributed by atoms with E-state index in [2.05, 4.69) is 13.8 Å². The summed E-state index contributed by atoms with van der Waals surface area (Å²) in [4.78, 5) is 54.8. The van der Waals surface area contributed by atoms with Gasteiger partial charge in [-0.05, 0) is 48.9 Å². The summed E-state index contributed by atoms with van der Waals surface area (Å²) in [5, 5.41) is 0. The lowest BCUT2D eigenvalue weighted by Gasteiger charge is -2.23. The molecule has 2 saturated heterocycles. The monoisotopic (exact) mass is 486 g/mol. The van der Waals surface area contributed by atoms with Crippen LogP contribution in [0.3, 0.4) is 0 Å². The Hall–Kier alpha value is -3.74. The van der Waals surface area contributed by atoms with Crippen LogP contribution in [-0.2, 0) is 32.0 Å². The van der Waals surface area contributed by atoms with E-state index in [1.165, 1.54) is 4.90 Å². The van der Waals surface area contributed by atoms with Crippen molar-refractivity contribution >= 4 is 35.1 Å². The molecule has 5 rings (SSSR count). The number of ether oxygens (including phenoxy) is 1. The number of para-hydroxylation sites is 1. The fourth-order valence-electron chi connectivity index (χ4n) is 5.58. The molecule has 0 aromatic heterocycles. The molecule has 7 nitrogen and oxygen atoms in total. The lowest BCUT2D eigenvalue weighted by Crippen LogP contribution is -2.31. The molecule has 0 saturated carbocycles. The number of benzene rings is 2. The maximum atomic E-state index is 13.1. The van der Waals surface area contributed by atoms with Crippen LogP contribution >= 0.6 is 0 Å². The zero-order valence-electron chi connectivity index (χ0n) is 20.6. The highest BCUT2D eigenvalue weighted by molar-refractivity contribution is 6.22. The number of carbonyl (C=O) groups is 4. The molecule has 0 bridgehead atoms. The van der Waals surface area contributed by atoms with Crippen LogP contribution in [0.15, 0.2) is 54.6 Å². The van der Waals surface area contributed by atoms with Crippen molar-refractivity contribution in [3.63, 3.8) is 0 Å². The van der Waals surface area contributed by atoms with Gasteiger partial charge in [0, 0.05) is 24.7 Å². The second kappa shape index (κ2) is 9.72. The zero-order chi connectivity index (χ0) is 25.4. The standard InChI is InChI=1S/C29H30N2O5/c1-3-18-9-7-10-19(4-2)26(18)30-17-20(15-25(30)32)29(35)36-22-12-8-11-21(16-22)31-27(33)23-13-5-6-14-24(23)28(31)34/h5-12,16,20,23-24H,3-4,13-15,17H2,1-2H3/t20-,23-,24+/m1/s1. The molecule has 7 heteroatoms. The molecular weight excluding hydrogens is 456 g/mol. The largest absolute Gasteiger partial charge is 0.426 e. The highest BCUT2D eigenvalue weighted by Gasteiger charge is 2.48. The molecule has 0 unspecified atom stereocenters. The van der Waals surface area contributed by atoms with E-state index in [1.807, 2.05) is 30.4 Å².